The summed E-state index contributed by atoms with van der Waals surface area (Å²) in [6.07, 6.45) is 3.01. The Labute approximate surface area is 207 Å². The van der Waals surface area contributed by atoms with Gasteiger partial charge in [0.05, 0.1) is 6.54 Å². The van der Waals surface area contributed by atoms with Gasteiger partial charge in [0, 0.05) is 64.1 Å². The molecule has 1 aromatic heterocycles. The van der Waals surface area contributed by atoms with Gasteiger partial charge in [-0.15, -0.1) is 24.0 Å². The van der Waals surface area contributed by atoms with Crippen LogP contribution in [0.4, 0.5) is 5.82 Å². The maximum absolute atomic E-state index is 4.80. The molecule has 2 heterocycles. The minimum atomic E-state index is 0. The fraction of sp³-hybridized carbons (Fsp3) is 0.739. The number of anilines is 1. The van der Waals surface area contributed by atoms with E-state index in [0.29, 0.717) is 18.6 Å². The van der Waals surface area contributed by atoms with Gasteiger partial charge < -0.3 is 20.4 Å². The Balaban J connectivity index is 0.00000480. The van der Waals surface area contributed by atoms with E-state index < -0.39 is 0 Å². The van der Waals surface area contributed by atoms with E-state index in [1.54, 1.807) is 0 Å². The van der Waals surface area contributed by atoms with Crippen LogP contribution in [0.15, 0.2) is 23.3 Å². The second-order valence-corrected chi connectivity index (χ2v) is 8.71. The highest BCUT2D eigenvalue weighted by atomic mass is 127. The lowest BCUT2D eigenvalue weighted by atomic mass is 10.2. The quantitative estimate of drug-likeness (QED) is 0.204. The van der Waals surface area contributed by atoms with Gasteiger partial charge in [0.2, 0.25) is 0 Å². The first-order chi connectivity index (χ1) is 14.4. The first-order valence-corrected chi connectivity index (χ1v) is 11.6. The fourth-order valence-corrected chi connectivity index (χ4v) is 3.86. The molecular weight excluding hydrogens is 501 g/mol. The molecule has 2 N–H and O–H groups in total. The highest BCUT2D eigenvalue weighted by molar-refractivity contribution is 14.0. The highest BCUT2D eigenvalue weighted by Gasteiger charge is 2.15. The number of aromatic nitrogens is 1. The SMILES string of the molecule is CCNC(=NCc1ccnc(N2CCN(C)CC2)c1)NCCCN(C(C)C)C(C)C.I. The van der Waals surface area contributed by atoms with Crippen LogP contribution in [-0.2, 0) is 6.54 Å². The fourth-order valence-electron chi connectivity index (χ4n) is 3.86. The van der Waals surface area contributed by atoms with E-state index in [0.717, 1.165) is 64.0 Å². The van der Waals surface area contributed by atoms with Gasteiger partial charge in [-0.1, -0.05) is 0 Å². The van der Waals surface area contributed by atoms with Crippen LogP contribution >= 0.6 is 24.0 Å². The van der Waals surface area contributed by atoms with Gasteiger partial charge in [0.25, 0.3) is 0 Å². The molecule has 0 bridgehead atoms. The third kappa shape index (κ3) is 9.91. The van der Waals surface area contributed by atoms with Gasteiger partial charge in [-0.25, -0.2) is 9.98 Å². The molecule has 0 radical (unpaired) electrons. The van der Waals surface area contributed by atoms with Crippen LogP contribution in [0.3, 0.4) is 0 Å². The Bertz CT molecular complexity index is 635. The standard InChI is InChI=1S/C23H43N7.HI/c1-7-24-23(26-10-8-12-30(19(2)3)20(4)5)27-18-21-9-11-25-22(17-21)29-15-13-28(6)14-16-29;/h9,11,17,19-20H,7-8,10,12-16,18H2,1-6H3,(H2,24,26,27);1H. The maximum atomic E-state index is 4.80. The molecule has 2 rings (SSSR count). The van der Waals surface area contributed by atoms with Crippen molar-refractivity contribution in [3.05, 3.63) is 23.9 Å². The van der Waals surface area contributed by atoms with Crippen LogP contribution in [-0.4, -0.2) is 85.7 Å². The van der Waals surface area contributed by atoms with E-state index in [-0.39, 0.29) is 24.0 Å². The summed E-state index contributed by atoms with van der Waals surface area (Å²) in [5.74, 6) is 1.95. The van der Waals surface area contributed by atoms with Gasteiger partial charge in [-0.3, -0.25) is 4.90 Å². The predicted molar refractivity (Wildman–Crippen MR) is 144 cm³/mol. The molecule has 0 spiro atoms. The van der Waals surface area contributed by atoms with Crippen molar-refractivity contribution < 1.29 is 0 Å². The Kier molecular flexibility index (Phi) is 13.4. The summed E-state index contributed by atoms with van der Waals surface area (Å²) in [4.78, 5) is 16.6. The van der Waals surface area contributed by atoms with Gasteiger partial charge in [-0.2, -0.15) is 0 Å². The molecule has 7 nitrogen and oxygen atoms in total. The lowest BCUT2D eigenvalue weighted by molar-refractivity contribution is 0.173. The molecule has 0 atom stereocenters. The molecule has 8 heteroatoms. The van der Waals surface area contributed by atoms with E-state index in [1.807, 2.05) is 6.20 Å². The number of pyridine rings is 1. The van der Waals surface area contributed by atoms with Crippen LogP contribution in [0, 0.1) is 0 Å². The third-order valence-corrected chi connectivity index (χ3v) is 5.61. The van der Waals surface area contributed by atoms with Crippen molar-refractivity contribution in [3.63, 3.8) is 0 Å². The number of halogens is 1. The monoisotopic (exact) mass is 545 g/mol. The minimum absolute atomic E-state index is 0. The summed E-state index contributed by atoms with van der Waals surface area (Å²) in [6, 6.07) is 5.40. The Morgan fingerprint density at radius 3 is 2.42 bits per heavy atom. The number of guanidine groups is 1. The second kappa shape index (κ2) is 14.8. The van der Waals surface area contributed by atoms with E-state index in [1.165, 1.54) is 5.56 Å². The van der Waals surface area contributed by atoms with Gasteiger partial charge in [0.1, 0.15) is 5.82 Å². The number of hydrogen-bond donors (Lipinski definition) is 2. The molecular formula is C23H44IN7. The number of nitrogens with one attached hydrogen (secondary N) is 2. The van der Waals surface area contributed by atoms with E-state index >= 15 is 0 Å². The lowest BCUT2D eigenvalue weighted by Gasteiger charge is -2.33. The van der Waals surface area contributed by atoms with Crippen molar-refractivity contribution in [2.24, 2.45) is 4.99 Å². The van der Waals surface area contributed by atoms with Crippen molar-refractivity contribution in [2.75, 3.05) is 57.8 Å². The van der Waals surface area contributed by atoms with Crippen LogP contribution in [0.2, 0.25) is 0 Å². The number of nitrogens with zero attached hydrogens (tertiary/aromatic N) is 5. The van der Waals surface area contributed by atoms with Crippen LogP contribution in [0.1, 0.15) is 46.6 Å². The summed E-state index contributed by atoms with van der Waals surface area (Å²) >= 11 is 0. The van der Waals surface area contributed by atoms with Crippen LogP contribution in [0.5, 0.6) is 0 Å². The summed E-state index contributed by atoms with van der Waals surface area (Å²) in [7, 11) is 2.17. The average molecular weight is 546 g/mol. The summed E-state index contributed by atoms with van der Waals surface area (Å²) in [5.41, 5.74) is 1.20. The Morgan fingerprint density at radius 2 is 1.81 bits per heavy atom. The average Bonchev–Trinajstić information content (AvgIpc) is 2.72. The molecule has 1 aliphatic rings. The summed E-state index contributed by atoms with van der Waals surface area (Å²) in [5, 5.41) is 6.85. The Morgan fingerprint density at radius 1 is 1.13 bits per heavy atom. The molecule has 1 aliphatic heterocycles. The molecule has 0 aliphatic carbocycles. The van der Waals surface area contributed by atoms with Gasteiger partial charge >= 0.3 is 0 Å². The second-order valence-electron chi connectivity index (χ2n) is 8.71. The molecule has 0 saturated carbocycles. The molecule has 178 valence electrons. The molecule has 1 fully saturated rings. The number of piperazine rings is 1. The molecule has 0 amide bonds. The van der Waals surface area contributed by atoms with Crippen LogP contribution in [0.25, 0.3) is 0 Å². The van der Waals surface area contributed by atoms with Crippen molar-refractivity contribution in [1.29, 1.82) is 0 Å². The van der Waals surface area contributed by atoms with Crippen molar-refractivity contribution in [3.8, 4) is 0 Å². The van der Waals surface area contributed by atoms with E-state index in [9.17, 15) is 0 Å². The van der Waals surface area contributed by atoms with Gasteiger partial charge in [0.15, 0.2) is 5.96 Å². The highest BCUT2D eigenvalue weighted by Crippen LogP contribution is 2.15. The maximum Gasteiger partial charge on any atom is 0.191 e. The topological polar surface area (TPSA) is 59.0 Å². The molecule has 0 unspecified atom stereocenters. The van der Waals surface area contributed by atoms with E-state index in [4.69, 9.17) is 4.99 Å². The molecule has 31 heavy (non-hydrogen) atoms. The predicted octanol–water partition coefficient (Wildman–Crippen LogP) is 3.02. The number of rotatable bonds is 10. The van der Waals surface area contributed by atoms with E-state index in [2.05, 4.69) is 84.1 Å². The zero-order valence-corrected chi connectivity index (χ0v) is 22.7. The molecule has 1 aromatic rings. The minimum Gasteiger partial charge on any atom is -0.357 e. The zero-order chi connectivity index (χ0) is 21.9. The first kappa shape index (κ1) is 27.9. The normalized spacial score (nSPS) is 15.5. The first-order valence-electron chi connectivity index (χ1n) is 11.6. The van der Waals surface area contributed by atoms with Gasteiger partial charge in [-0.05, 0) is 65.8 Å². The van der Waals surface area contributed by atoms with Crippen molar-refractivity contribution in [1.82, 2.24) is 25.4 Å². The number of likely N-dealkylation sites (N-methyl/N-ethyl adjacent to an activating group) is 1. The molecule has 0 aromatic carbocycles. The zero-order valence-electron chi connectivity index (χ0n) is 20.4. The third-order valence-electron chi connectivity index (χ3n) is 5.61. The lowest BCUT2D eigenvalue weighted by Crippen LogP contribution is -2.44. The smallest absolute Gasteiger partial charge is 0.191 e. The van der Waals surface area contributed by atoms with Crippen molar-refractivity contribution >= 4 is 35.8 Å². The summed E-state index contributed by atoms with van der Waals surface area (Å²) in [6.45, 7) is 18.9. The van der Waals surface area contributed by atoms with Crippen LogP contribution < -0.4 is 15.5 Å². The number of aliphatic imine (C=N–C) groups is 1. The largest absolute Gasteiger partial charge is 0.357 e. The number of hydrogen-bond acceptors (Lipinski definition) is 5. The van der Waals surface area contributed by atoms with Crippen molar-refractivity contribution in [2.45, 2.75) is 59.7 Å². The Hall–Kier alpha value is -1.13. The molecule has 1 saturated heterocycles. The summed E-state index contributed by atoms with van der Waals surface area (Å²) < 4.78 is 0.